The maximum Gasteiger partial charge on any atom is 0.0183 e. The normalized spacial score (nSPS) is 33.5. The first kappa shape index (κ1) is 20.4. The third kappa shape index (κ3) is 4.23. The lowest BCUT2D eigenvalue weighted by molar-refractivity contribution is 0.129. The van der Waals surface area contributed by atoms with Crippen LogP contribution in [0.5, 0.6) is 0 Å². The summed E-state index contributed by atoms with van der Waals surface area (Å²) in [6.07, 6.45) is 7.68. The second kappa shape index (κ2) is 7.47. The van der Waals surface area contributed by atoms with E-state index in [2.05, 4.69) is 60.7 Å². The van der Waals surface area contributed by atoms with E-state index in [9.17, 15) is 0 Å². The lowest BCUT2D eigenvalue weighted by Gasteiger charge is -2.48. The van der Waals surface area contributed by atoms with Crippen LogP contribution >= 0.6 is 12.6 Å². The topological polar surface area (TPSA) is 12.0 Å². The van der Waals surface area contributed by atoms with E-state index in [1.165, 1.54) is 38.5 Å². The molecule has 2 heteroatoms. The summed E-state index contributed by atoms with van der Waals surface area (Å²) in [5.41, 5.74) is 0.700. The molecule has 1 N–H and O–H groups in total. The molecule has 1 aliphatic carbocycles. The molecular formula is C20H41NS. The minimum Gasteiger partial charge on any atom is -0.312 e. The summed E-state index contributed by atoms with van der Waals surface area (Å²) in [5.74, 6) is 0.723. The van der Waals surface area contributed by atoms with Crippen molar-refractivity contribution in [3.8, 4) is 0 Å². The minimum atomic E-state index is 0.178. The standard InChI is InChI=1S/C20H41NS/c1-9-16(4)18(6,7)20(22)12-10-11-19(8,13-14-20)17(5)21-15(2)3/h15-17,21-22H,9-14H2,1-8H3. The molecule has 132 valence electrons. The van der Waals surface area contributed by atoms with Crippen LogP contribution in [0.1, 0.15) is 93.9 Å². The van der Waals surface area contributed by atoms with E-state index >= 15 is 0 Å². The Morgan fingerprint density at radius 2 is 1.64 bits per heavy atom. The van der Waals surface area contributed by atoms with Crippen molar-refractivity contribution >= 4 is 12.6 Å². The van der Waals surface area contributed by atoms with Gasteiger partial charge in [-0.25, -0.2) is 0 Å². The van der Waals surface area contributed by atoms with E-state index in [0.29, 0.717) is 22.9 Å². The molecule has 0 aromatic rings. The van der Waals surface area contributed by atoms with E-state index in [0.717, 1.165) is 5.92 Å². The molecule has 0 amide bonds. The van der Waals surface area contributed by atoms with Gasteiger partial charge in [-0.3, -0.25) is 0 Å². The van der Waals surface area contributed by atoms with Gasteiger partial charge in [0.05, 0.1) is 0 Å². The van der Waals surface area contributed by atoms with Crippen molar-refractivity contribution in [3.63, 3.8) is 0 Å². The van der Waals surface area contributed by atoms with Crippen molar-refractivity contribution in [1.29, 1.82) is 0 Å². The molecule has 1 rings (SSSR count). The maximum absolute atomic E-state index is 5.29. The van der Waals surface area contributed by atoms with Crippen LogP contribution in [-0.4, -0.2) is 16.8 Å². The van der Waals surface area contributed by atoms with Crippen molar-refractivity contribution in [2.24, 2.45) is 16.7 Å². The molecule has 1 nitrogen and oxygen atoms in total. The Morgan fingerprint density at radius 3 is 2.14 bits per heavy atom. The van der Waals surface area contributed by atoms with E-state index < -0.39 is 0 Å². The number of rotatable bonds is 6. The third-order valence-corrected chi connectivity index (χ3v) is 8.14. The highest BCUT2D eigenvalue weighted by Gasteiger charge is 2.47. The van der Waals surface area contributed by atoms with Gasteiger partial charge in [-0.05, 0) is 49.4 Å². The Bertz CT molecular complexity index is 352. The largest absolute Gasteiger partial charge is 0.312 e. The van der Waals surface area contributed by atoms with Crippen molar-refractivity contribution in [3.05, 3.63) is 0 Å². The molecule has 4 unspecified atom stereocenters. The van der Waals surface area contributed by atoms with Gasteiger partial charge in [-0.2, -0.15) is 12.6 Å². The van der Waals surface area contributed by atoms with Gasteiger partial charge in [0, 0.05) is 16.8 Å². The van der Waals surface area contributed by atoms with Crippen LogP contribution in [0.4, 0.5) is 0 Å². The molecular weight excluding hydrogens is 286 g/mol. The van der Waals surface area contributed by atoms with Gasteiger partial charge in [-0.1, -0.05) is 61.3 Å². The Balaban J connectivity index is 2.88. The van der Waals surface area contributed by atoms with Crippen LogP contribution in [-0.2, 0) is 0 Å². The second-order valence-corrected chi connectivity index (χ2v) is 9.97. The van der Waals surface area contributed by atoms with Crippen LogP contribution in [0.15, 0.2) is 0 Å². The van der Waals surface area contributed by atoms with Gasteiger partial charge in [0.25, 0.3) is 0 Å². The van der Waals surface area contributed by atoms with Crippen molar-refractivity contribution in [2.75, 3.05) is 0 Å². The van der Waals surface area contributed by atoms with Gasteiger partial charge in [0.2, 0.25) is 0 Å². The average Bonchev–Trinajstić information content (AvgIpc) is 2.58. The summed E-state index contributed by atoms with van der Waals surface area (Å²) in [4.78, 5) is 0. The number of hydrogen-bond donors (Lipinski definition) is 2. The van der Waals surface area contributed by atoms with Crippen molar-refractivity contribution in [1.82, 2.24) is 5.32 Å². The number of hydrogen-bond acceptors (Lipinski definition) is 2. The Labute approximate surface area is 145 Å². The molecule has 0 aromatic heterocycles. The first-order valence-corrected chi connectivity index (χ1v) is 9.91. The molecule has 1 aliphatic rings. The predicted octanol–water partition coefficient (Wildman–Crippen LogP) is 6.08. The Hall–Kier alpha value is 0.310. The molecule has 1 fully saturated rings. The molecule has 0 spiro atoms. The maximum atomic E-state index is 5.29. The van der Waals surface area contributed by atoms with Gasteiger partial charge in [0.1, 0.15) is 0 Å². The zero-order valence-corrected chi connectivity index (χ0v) is 17.3. The number of nitrogens with one attached hydrogen (secondary N) is 1. The van der Waals surface area contributed by atoms with E-state index in [4.69, 9.17) is 12.6 Å². The zero-order valence-electron chi connectivity index (χ0n) is 16.4. The fourth-order valence-electron chi connectivity index (χ4n) is 4.27. The molecule has 0 saturated heterocycles. The quantitative estimate of drug-likeness (QED) is 0.445. The Morgan fingerprint density at radius 1 is 1.05 bits per heavy atom. The first-order valence-electron chi connectivity index (χ1n) is 9.47. The highest BCUT2D eigenvalue weighted by molar-refractivity contribution is 7.81. The lowest BCUT2D eigenvalue weighted by atomic mass is 9.65. The summed E-state index contributed by atoms with van der Waals surface area (Å²) in [5, 5.41) is 3.76. The fourth-order valence-corrected chi connectivity index (χ4v) is 4.76. The third-order valence-electron chi connectivity index (χ3n) is 7.12. The van der Waals surface area contributed by atoms with Crippen LogP contribution < -0.4 is 5.32 Å². The molecule has 0 bridgehead atoms. The fraction of sp³-hybridized carbons (Fsp3) is 1.00. The Kier molecular flexibility index (Phi) is 6.91. The SMILES string of the molecule is CCC(C)C(C)(C)C1(S)CCCC(C)(C(C)NC(C)C)CC1. The van der Waals surface area contributed by atoms with Crippen molar-refractivity contribution in [2.45, 2.75) is 111 Å². The highest BCUT2D eigenvalue weighted by Crippen LogP contribution is 2.53. The summed E-state index contributed by atoms with van der Waals surface area (Å²) < 4.78 is 0.178. The summed E-state index contributed by atoms with van der Waals surface area (Å²) in [6.45, 7) is 19.0. The van der Waals surface area contributed by atoms with E-state index in [-0.39, 0.29) is 4.75 Å². The van der Waals surface area contributed by atoms with Gasteiger partial charge >= 0.3 is 0 Å². The highest BCUT2D eigenvalue weighted by atomic mass is 32.1. The van der Waals surface area contributed by atoms with Crippen LogP contribution in [0.25, 0.3) is 0 Å². The number of thiol groups is 1. The zero-order chi connectivity index (χ0) is 17.2. The van der Waals surface area contributed by atoms with Crippen LogP contribution in [0, 0.1) is 16.7 Å². The molecule has 22 heavy (non-hydrogen) atoms. The van der Waals surface area contributed by atoms with E-state index in [1.54, 1.807) is 0 Å². The monoisotopic (exact) mass is 327 g/mol. The molecule has 1 saturated carbocycles. The first-order chi connectivity index (χ1) is 9.98. The molecule has 4 atom stereocenters. The summed E-state index contributed by atoms with van der Waals surface area (Å²) in [6, 6.07) is 1.14. The minimum absolute atomic E-state index is 0.178. The van der Waals surface area contributed by atoms with E-state index in [1.807, 2.05) is 0 Å². The molecule has 0 aliphatic heterocycles. The van der Waals surface area contributed by atoms with Crippen LogP contribution in [0.2, 0.25) is 0 Å². The van der Waals surface area contributed by atoms with Gasteiger partial charge in [-0.15, -0.1) is 0 Å². The second-order valence-electron chi connectivity index (χ2n) is 9.11. The van der Waals surface area contributed by atoms with Gasteiger partial charge < -0.3 is 5.32 Å². The summed E-state index contributed by atoms with van der Waals surface area (Å²) >= 11 is 5.29. The summed E-state index contributed by atoms with van der Waals surface area (Å²) in [7, 11) is 0. The van der Waals surface area contributed by atoms with Crippen molar-refractivity contribution < 1.29 is 0 Å². The van der Waals surface area contributed by atoms with Gasteiger partial charge in [0.15, 0.2) is 0 Å². The lowest BCUT2D eigenvalue weighted by Crippen LogP contribution is -2.46. The molecule has 0 heterocycles. The smallest absolute Gasteiger partial charge is 0.0183 e. The molecule has 0 radical (unpaired) electrons. The average molecular weight is 328 g/mol. The molecule has 0 aromatic carbocycles. The predicted molar refractivity (Wildman–Crippen MR) is 104 cm³/mol. The van der Waals surface area contributed by atoms with Crippen LogP contribution in [0.3, 0.4) is 0 Å².